The van der Waals surface area contributed by atoms with Gasteiger partial charge in [0.25, 0.3) is 0 Å². The Bertz CT molecular complexity index is 94.1. The van der Waals surface area contributed by atoms with E-state index in [9.17, 15) is 0 Å². The highest BCUT2D eigenvalue weighted by molar-refractivity contribution is 8.00. The number of nitrogens with two attached hydrogens (primary N) is 2. The first-order valence-electron chi connectivity index (χ1n) is 4.34. The average molecular weight is 176 g/mol. The minimum Gasteiger partial charge on any atom is -0.305 e. The summed E-state index contributed by atoms with van der Waals surface area (Å²) in [5.74, 6) is 1.09. The Morgan fingerprint density at radius 2 is 1.82 bits per heavy atom. The van der Waals surface area contributed by atoms with Gasteiger partial charge in [-0.3, -0.25) is 0 Å². The molecule has 2 nitrogen and oxygen atoms in total. The van der Waals surface area contributed by atoms with Crippen molar-refractivity contribution in [3.63, 3.8) is 0 Å². The Labute approximate surface area is 74.1 Å². The van der Waals surface area contributed by atoms with Gasteiger partial charge in [-0.05, 0) is 18.6 Å². The molecule has 0 saturated carbocycles. The Morgan fingerprint density at radius 1 is 1.18 bits per heavy atom. The fourth-order valence-corrected chi connectivity index (χ4v) is 2.03. The van der Waals surface area contributed by atoms with Crippen LogP contribution in [-0.4, -0.2) is 10.7 Å². The van der Waals surface area contributed by atoms with E-state index in [1.165, 1.54) is 12.8 Å². The summed E-state index contributed by atoms with van der Waals surface area (Å²) in [7, 11) is 0. The second kappa shape index (κ2) is 5.86. The maximum Gasteiger partial charge on any atom is 0.112 e. The van der Waals surface area contributed by atoms with Gasteiger partial charge in [-0.2, -0.15) is 0 Å². The molecule has 0 atom stereocenters. The quantitative estimate of drug-likeness (QED) is 0.480. The topological polar surface area (TPSA) is 52.0 Å². The molecule has 0 aromatic carbocycles. The van der Waals surface area contributed by atoms with E-state index in [-0.39, 0.29) is 0 Å². The molecule has 0 amide bonds. The van der Waals surface area contributed by atoms with Gasteiger partial charge in [0.15, 0.2) is 0 Å². The van der Waals surface area contributed by atoms with Gasteiger partial charge in [0.1, 0.15) is 4.99 Å². The van der Waals surface area contributed by atoms with Gasteiger partial charge in [-0.25, -0.2) is 0 Å². The van der Waals surface area contributed by atoms with Crippen LogP contribution in [0.3, 0.4) is 0 Å². The third-order valence-corrected chi connectivity index (χ3v) is 2.74. The zero-order chi connectivity index (χ0) is 8.74. The molecule has 0 aliphatic rings. The maximum atomic E-state index is 5.81. The second-order valence-electron chi connectivity index (χ2n) is 2.91. The zero-order valence-electron chi connectivity index (χ0n) is 7.60. The molecule has 0 saturated heterocycles. The van der Waals surface area contributed by atoms with Gasteiger partial charge in [0, 0.05) is 0 Å². The predicted molar refractivity (Wildman–Crippen MR) is 53.4 cm³/mol. The SMILES string of the molecule is CCCCSC(N)(N)CCC. The Balaban J connectivity index is 3.38. The Hall–Kier alpha value is 0.270. The van der Waals surface area contributed by atoms with Crippen molar-refractivity contribution in [3.05, 3.63) is 0 Å². The molecule has 0 aromatic heterocycles. The fourth-order valence-electron chi connectivity index (χ4n) is 0.869. The molecule has 11 heavy (non-hydrogen) atoms. The number of rotatable bonds is 6. The molecule has 0 aromatic rings. The first-order valence-corrected chi connectivity index (χ1v) is 5.32. The number of hydrogen-bond acceptors (Lipinski definition) is 3. The molecule has 0 rings (SSSR count). The smallest absolute Gasteiger partial charge is 0.112 e. The largest absolute Gasteiger partial charge is 0.305 e. The molecule has 3 heteroatoms. The van der Waals surface area contributed by atoms with Crippen LogP contribution >= 0.6 is 11.8 Å². The summed E-state index contributed by atoms with van der Waals surface area (Å²) in [6, 6.07) is 0. The minimum absolute atomic E-state index is 0.482. The Morgan fingerprint density at radius 3 is 2.27 bits per heavy atom. The van der Waals surface area contributed by atoms with Gasteiger partial charge in [0.05, 0.1) is 0 Å². The lowest BCUT2D eigenvalue weighted by molar-refractivity contribution is 0.573. The number of hydrogen-bond donors (Lipinski definition) is 2. The van der Waals surface area contributed by atoms with E-state index in [0.29, 0.717) is 0 Å². The lowest BCUT2D eigenvalue weighted by Crippen LogP contribution is -2.45. The maximum absolute atomic E-state index is 5.81. The molecule has 4 N–H and O–H groups in total. The number of unbranched alkanes of at least 4 members (excludes halogenated alkanes) is 1. The van der Waals surface area contributed by atoms with E-state index < -0.39 is 4.99 Å². The van der Waals surface area contributed by atoms with E-state index in [0.717, 1.165) is 18.6 Å². The summed E-state index contributed by atoms with van der Waals surface area (Å²) < 4.78 is 0. The molecular formula is C8H20N2S. The molecular weight excluding hydrogens is 156 g/mol. The van der Waals surface area contributed by atoms with E-state index >= 15 is 0 Å². The van der Waals surface area contributed by atoms with Gasteiger partial charge in [-0.1, -0.05) is 26.7 Å². The predicted octanol–water partition coefficient (Wildman–Crippen LogP) is 1.89. The summed E-state index contributed by atoms with van der Waals surface area (Å²) in [4.78, 5) is -0.482. The van der Waals surface area contributed by atoms with Crippen molar-refractivity contribution in [2.45, 2.75) is 44.5 Å². The highest BCUT2D eigenvalue weighted by atomic mass is 32.2. The first-order chi connectivity index (χ1) is 5.12. The van der Waals surface area contributed by atoms with Gasteiger partial charge in [0.2, 0.25) is 0 Å². The van der Waals surface area contributed by atoms with Crippen LogP contribution in [0.15, 0.2) is 0 Å². The minimum atomic E-state index is -0.482. The first kappa shape index (κ1) is 11.3. The van der Waals surface area contributed by atoms with Crippen LogP contribution in [0.5, 0.6) is 0 Å². The van der Waals surface area contributed by atoms with Gasteiger partial charge >= 0.3 is 0 Å². The van der Waals surface area contributed by atoms with E-state index in [4.69, 9.17) is 11.5 Å². The van der Waals surface area contributed by atoms with Crippen molar-refractivity contribution in [2.24, 2.45) is 11.5 Å². The summed E-state index contributed by atoms with van der Waals surface area (Å²) in [6.45, 7) is 4.28. The van der Waals surface area contributed by atoms with E-state index in [2.05, 4.69) is 13.8 Å². The third kappa shape index (κ3) is 6.66. The molecule has 0 spiro atoms. The standard InChI is InChI=1S/C8H20N2S/c1-3-5-7-11-8(9,10)6-4-2/h3-7,9-10H2,1-2H3. The number of thioether (sulfide) groups is 1. The normalized spacial score (nSPS) is 12.0. The van der Waals surface area contributed by atoms with Crippen LogP contribution in [0, 0.1) is 0 Å². The van der Waals surface area contributed by atoms with Crippen molar-refractivity contribution in [1.29, 1.82) is 0 Å². The highest BCUT2D eigenvalue weighted by Gasteiger charge is 2.16. The molecule has 0 aliphatic heterocycles. The Kier molecular flexibility index (Phi) is 6.01. The van der Waals surface area contributed by atoms with Crippen molar-refractivity contribution >= 4 is 11.8 Å². The van der Waals surface area contributed by atoms with Crippen LogP contribution in [0.2, 0.25) is 0 Å². The van der Waals surface area contributed by atoms with E-state index in [1.54, 1.807) is 11.8 Å². The highest BCUT2D eigenvalue weighted by Crippen LogP contribution is 2.19. The summed E-state index contributed by atoms with van der Waals surface area (Å²) in [5.41, 5.74) is 11.6. The van der Waals surface area contributed by atoms with Crippen molar-refractivity contribution in [3.8, 4) is 0 Å². The molecule has 0 heterocycles. The van der Waals surface area contributed by atoms with Crippen LogP contribution in [0.25, 0.3) is 0 Å². The summed E-state index contributed by atoms with van der Waals surface area (Å²) in [5, 5.41) is 0. The van der Waals surface area contributed by atoms with Gasteiger partial charge in [-0.15, -0.1) is 11.8 Å². The molecule has 68 valence electrons. The molecule has 0 fully saturated rings. The van der Waals surface area contributed by atoms with Crippen LogP contribution in [0.1, 0.15) is 39.5 Å². The molecule has 0 unspecified atom stereocenters. The molecule has 0 radical (unpaired) electrons. The van der Waals surface area contributed by atoms with Crippen molar-refractivity contribution in [1.82, 2.24) is 0 Å². The lowest BCUT2D eigenvalue weighted by atomic mass is 10.3. The van der Waals surface area contributed by atoms with Gasteiger partial charge < -0.3 is 11.5 Å². The third-order valence-electron chi connectivity index (χ3n) is 1.51. The van der Waals surface area contributed by atoms with Crippen molar-refractivity contribution < 1.29 is 0 Å². The molecule has 0 bridgehead atoms. The second-order valence-corrected chi connectivity index (χ2v) is 4.36. The van der Waals surface area contributed by atoms with Crippen LogP contribution in [0.4, 0.5) is 0 Å². The molecule has 0 aliphatic carbocycles. The zero-order valence-corrected chi connectivity index (χ0v) is 8.41. The lowest BCUT2D eigenvalue weighted by Gasteiger charge is -2.22. The van der Waals surface area contributed by atoms with Crippen LogP contribution < -0.4 is 11.5 Å². The monoisotopic (exact) mass is 176 g/mol. The summed E-state index contributed by atoms with van der Waals surface area (Å²) in [6.07, 6.45) is 4.40. The van der Waals surface area contributed by atoms with Crippen molar-refractivity contribution in [2.75, 3.05) is 5.75 Å². The van der Waals surface area contributed by atoms with Crippen LogP contribution in [-0.2, 0) is 0 Å². The fraction of sp³-hybridized carbons (Fsp3) is 1.00. The summed E-state index contributed by atoms with van der Waals surface area (Å²) >= 11 is 1.68. The average Bonchev–Trinajstić information content (AvgIpc) is 1.87. The van der Waals surface area contributed by atoms with E-state index in [1.807, 2.05) is 0 Å².